The zero-order chi connectivity index (χ0) is 14.7. The highest BCUT2D eigenvalue weighted by Gasteiger charge is 2.30. The number of carbonyl (C=O) groups is 1. The number of nitrogens with zero attached hydrogens (tertiary/aromatic N) is 3. The molecule has 2 saturated carbocycles. The van der Waals surface area contributed by atoms with Crippen molar-refractivity contribution in [3.05, 3.63) is 5.82 Å². The molecule has 0 saturated heterocycles. The van der Waals surface area contributed by atoms with Crippen molar-refractivity contribution in [1.29, 1.82) is 0 Å². The lowest BCUT2D eigenvalue weighted by Crippen LogP contribution is -2.10. The highest BCUT2D eigenvalue weighted by atomic mass is 32.2. The SMILES string of the molecule is O=C(O)CSc1nnc(CC2CCCCCC2)n1C1CC1. The Morgan fingerprint density at radius 2 is 1.86 bits per heavy atom. The molecule has 1 aromatic rings. The number of rotatable bonds is 6. The smallest absolute Gasteiger partial charge is 0.313 e. The van der Waals surface area contributed by atoms with Crippen LogP contribution in [0.1, 0.15) is 63.2 Å². The lowest BCUT2D eigenvalue weighted by molar-refractivity contribution is -0.133. The lowest BCUT2D eigenvalue weighted by Gasteiger charge is -2.14. The summed E-state index contributed by atoms with van der Waals surface area (Å²) in [5, 5.41) is 18.3. The minimum absolute atomic E-state index is 0.0638. The van der Waals surface area contributed by atoms with Gasteiger partial charge in [0.2, 0.25) is 0 Å². The molecule has 1 aromatic heterocycles. The third-order valence-electron chi connectivity index (χ3n) is 4.42. The second-order valence-electron chi connectivity index (χ2n) is 6.24. The van der Waals surface area contributed by atoms with Gasteiger partial charge in [-0.05, 0) is 18.8 Å². The predicted octanol–water partition coefficient (Wildman–Crippen LogP) is 3.30. The Kier molecular flexibility index (Phi) is 4.83. The van der Waals surface area contributed by atoms with Gasteiger partial charge in [0, 0.05) is 12.5 Å². The summed E-state index contributed by atoms with van der Waals surface area (Å²) < 4.78 is 2.22. The van der Waals surface area contributed by atoms with E-state index in [9.17, 15) is 4.79 Å². The van der Waals surface area contributed by atoms with Crippen LogP contribution >= 0.6 is 11.8 Å². The Morgan fingerprint density at radius 3 is 2.48 bits per heavy atom. The molecule has 21 heavy (non-hydrogen) atoms. The standard InChI is InChI=1S/C15H23N3O2S/c19-14(20)10-21-15-17-16-13(18(15)12-7-8-12)9-11-5-3-1-2-4-6-11/h11-12H,1-10H2,(H,19,20). The minimum Gasteiger partial charge on any atom is -0.481 e. The van der Waals surface area contributed by atoms with Gasteiger partial charge in [-0.15, -0.1) is 10.2 Å². The zero-order valence-corrected chi connectivity index (χ0v) is 13.1. The maximum Gasteiger partial charge on any atom is 0.313 e. The van der Waals surface area contributed by atoms with Gasteiger partial charge in [0.25, 0.3) is 0 Å². The third-order valence-corrected chi connectivity index (χ3v) is 5.35. The molecular weight excluding hydrogens is 286 g/mol. The summed E-state index contributed by atoms with van der Waals surface area (Å²) in [6.45, 7) is 0. The van der Waals surface area contributed by atoms with Crippen LogP contribution in [0.5, 0.6) is 0 Å². The van der Waals surface area contributed by atoms with Gasteiger partial charge in [-0.3, -0.25) is 4.79 Å². The van der Waals surface area contributed by atoms with Gasteiger partial charge in [-0.2, -0.15) is 0 Å². The maximum atomic E-state index is 10.8. The summed E-state index contributed by atoms with van der Waals surface area (Å²) in [5.74, 6) is 1.08. The van der Waals surface area contributed by atoms with E-state index in [4.69, 9.17) is 5.11 Å². The molecule has 0 amide bonds. The summed E-state index contributed by atoms with van der Waals surface area (Å²) in [4.78, 5) is 10.8. The van der Waals surface area contributed by atoms with Crippen molar-refractivity contribution in [2.24, 2.45) is 5.92 Å². The topological polar surface area (TPSA) is 68.0 Å². The van der Waals surface area contributed by atoms with Crippen molar-refractivity contribution in [3.63, 3.8) is 0 Å². The Hall–Kier alpha value is -1.04. The Labute approximate surface area is 129 Å². The van der Waals surface area contributed by atoms with Crippen molar-refractivity contribution >= 4 is 17.7 Å². The lowest BCUT2D eigenvalue weighted by atomic mass is 9.96. The average molecular weight is 309 g/mol. The zero-order valence-electron chi connectivity index (χ0n) is 12.3. The van der Waals surface area contributed by atoms with Crippen LogP contribution < -0.4 is 0 Å². The number of aromatic nitrogens is 3. The van der Waals surface area contributed by atoms with E-state index in [-0.39, 0.29) is 5.75 Å². The highest BCUT2D eigenvalue weighted by Crippen LogP contribution is 2.39. The average Bonchev–Trinajstić information content (AvgIpc) is 3.24. The Morgan fingerprint density at radius 1 is 1.14 bits per heavy atom. The van der Waals surface area contributed by atoms with Crippen molar-refractivity contribution in [2.45, 2.75) is 69.0 Å². The molecule has 1 heterocycles. The fourth-order valence-electron chi connectivity index (χ4n) is 3.20. The second-order valence-corrected chi connectivity index (χ2v) is 7.19. The van der Waals surface area contributed by atoms with Gasteiger partial charge in [0.05, 0.1) is 5.75 Å². The molecule has 2 fully saturated rings. The normalized spacial score (nSPS) is 20.4. The number of aliphatic carboxylic acids is 1. The van der Waals surface area contributed by atoms with E-state index in [1.54, 1.807) is 0 Å². The van der Waals surface area contributed by atoms with Crippen LogP contribution in [0, 0.1) is 5.92 Å². The predicted molar refractivity (Wildman–Crippen MR) is 81.5 cm³/mol. The maximum absolute atomic E-state index is 10.8. The molecule has 2 aliphatic carbocycles. The molecule has 0 unspecified atom stereocenters. The van der Waals surface area contributed by atoms with Crippen LogP contribution in [-0.4, -0.2) is 31.6 Å². The molecule has 0 spiro atoms. The van der Waals surface area contributed by atoms with Crippen molar-refractivity contribution in [3.8, 4) is 0 Å². The first kappa shape index (κ1) is 14.9. The molecular formula is C15H23N3O2S. The quantitative estimate of drug-likeness (QED) is 0.645. The molecule has 6 heteroatoms. The van der Waals surface area contributed by atoms with Gasteiger partial charge in [-0.25, -0.2) is 0 Å². The van der Waals surface area contributed by atoms with E-state index in [2.05, 4.69) is 14.8 Å². The first-order valence-electron chi connectivity index (χ1n) is 8.02. The number of carboxylic acids is 1. The fraction of sp³-hybridized carbons (Fsp3) is 0.800. The molecule has 2 aliphatic rings. The van der Waals surface area contributed by atoms with Crippen LogP contribution in [0.4, 0.5) is 0 Å². The third kappa shape index (κ3) is 3.99. The van der Waals surface area contributed by atoms with Gasteiger partial charge in [0.1, 0.15) is 5.82 Å². The van der Waals surface area contributed by atoms with E-state index in [1.165, 1.54) is 63.1 Å². The van der Waals surface area contributed by atoms with E-state index in [0.29, 0.717) is 6.04 Å². The largest absolute Gasteiger partial charge is 0.481 e. The van der Waals surface area contributed by atoms with E-state index in [1.807, 2.05) is 0 Å². The van der Waals surface area contributed by atoms with Crippen molar-refractivity contribution in [2.75, 3.05) is 5.75 Å². The van der Waals surface area contributed by atoms with Crippen LogP contribution in [0.2, 0.25) is 0 Å². The highest BCUT2D eigenvalue weighted by molar-refractivity contribution is 7.99. The number of thioether (sulfide) groups is 1. The first-order valence-corrected chi connectivity index (χ1v) is 9.01. The van der Waals surface area contributed by atoms with E-state index < -0.39 is 5.97 Å². The first-order chi connectivity index (χ1) is 10.2. The molecule has 116 valence electrons. The number of hydrogen-bond donors (Lipinski definition) is 1. The molecule has 5 nitrogen and oxygen atoms in total. The molecule has 0 aliphatic heterocycles. The summed E-state index contributed by atoms with van der Waals surface area (Å²) in [5.41, 5.74) is 0. The van der Waals surface area contributed by atoms with Crippen LogP contribution in [0.15, 0.2) is 5.16 Å². The van der Waals surface area contributed by atoms with Gasteiger partial charge < -0.3 is 9.67 Å². The molecule has 0 radical (unpaired) electrons. The molecule has 1 N–H and O–H groups in total. The van der Waals surface area contributed by atoms with E-state index >= 15 is 0 Å². The molecule has 0 atom stereocenters. The van der Waals surface area contributed by atoms with Crippen molar-refractivity contribution in [1.82, 2.24) is 14.8 Å². The molecule has 0 aromatic carbocycles. The molecule has 3 rings (SSSR count). The summed E-state index contributed by atoms with van der Waals surface area (Å²) >= 11 is 1.30. The Bertz CT molecular complexity index is 491. The summed E-state index contributed by atoms with van der Waals surface area (Å²) in [6.07, 6.45) is 11.4. The monoisotopic (exact) mass is 309 g/mol. The van der Waals surface area contributed by atoms with E-state index in [0.717, 1.165) is 23.3 Å². The number of carboxylic acid groups (broad SMARTS) is 1. The van der Waals surface area contributed by atoms with Gasteiger partial charge in [0.15, 0.2) is 5.16 Å². The Balaban J connectivity index is 1.70. The second kappa shape index (κ2) is 6.81. The van der Waals surface area contributed by atoms with Gasteiger partial charge in [-0.1, -0.05) is 50.3 Å². The number of hydrogen-bond acceptors (Lipinski definition) is 4. The summed E-state index contributed by atoms with van der Waals surface area (Å²) in [6, 6.07) is 0.511. The summed E-state index contributed by atoms with van der Waals surface area (Å²) in [7, 11) is 0. The fourth-order valence-corrected chi connectivity index (χ4v) is 3.94. The molecule has 0 bridgehead atoms. The minimum atomic E-state index is -0.796. The van der Waals surface area contributed by atoms with Crippen molar-refractivity contribution < 1.29 is 9.90 Å². The van der Waals surface area contributed by atoms with Crippen LogP contribution in [0.25, 0.3) is 0 Å². The van der Waals surface area contributed by atoms with Crippen LogP contribution in [0.3, 0.4) is 0 Å². The van der Waals surface area contributed by atoms with Crippen LogP contribution in [-0.2, 0) is 11.2 Å². The van der Waals surface area contributed by atoms with Gasteiger partial charge >= 0.3 is 5.97 Å².